The summed E-state index contributed by atoms with van der Waals surface area (Å²) in [5.41, 5.74) is 3.26. The van der Waals surface area contributed by atoms with Crippen molar-refractivity contribution in [2.45, 2.75) is 13.8 Å². The van der Waals surface area contributed by atoms with Gasteiger partial charge in [-0.15, -0.1) is 12.1 Å². The molecule has 228 valence electrons. The molecule has 0 radical (unpaired) electrons. The van der Waals surface area contributed by atoms with Crippen LogP contribution in [0.5, 0.6) is 0 Å². The van der Waals surface area contributed by atoms with Gasteiger partial charge in [0.25, 0.3) is 0 Å². The fraction of sp³-hybridized carbons (Fsp3) is 0.118. The van der Waals surface area contributed by atoms with E-state index in [2.05, 4.69) is 16.0 Å². The Labute approximate surface area is 255 Å². The number of aryl methyl sites for hydroxylation is 4. The third kappa shape index (κ3) is 7.63. The van der Waals surface area contributed by atoms with Crippen molar-refractivity contribution < 1.29 is 26.7 Å². The second kappa shape index (κ2) is 13.9. The van der Waals surface area contributed by atoms with Crippen LogP contribution in [0.25, 0.3) is 34.2 Å². The quantitative estimate of drug-likeness (QED) is 0.130. The highest BCUT2D eigenvalue weighted by Crippen LogP contribution is 2.25. The van der Waals surface area contributed by atoms with E-state index >= 15 is 0 Å². The third-order valence-corrected chi connectivity index (χ3v) is 6.30. The van der Waals surface area contributed by atoms with Crippen molar-refractivity contribution >= 4 is 0 Å². The number of halogens is 4. The SMILES string of the molecule is Cc1cc(-c2[c-]cc(F)cc2F)nc(-n2cc[n+](C)c2)c1.Cc1cc(-c2ccc(F)cc2F)nc(-n2cc[n+](C)c2)c1.[CH3-].[CH3-]. The Balaban J connectivity index is 0.000000230. The monoisotopic (exact) mass is 601 g/mol. The van der Waals surface area contributed by atoms with E-state index < -0.39 is 23.3 Å². The average Bonchev–Trinajstić information content (AvgIpc) is 3.56. The summed E-state index contributed by atoms with van der Waals surface area (Å²) in [4.78, 5) is 8.90. The number of imidazole rings is 2. The molecule has 0 N–H and O–H groups in total. The Hall–Kier alpha value is -5.12. The predicted octanol–water partition coefficient (Wildman–Crippen LogP) is 6.60. The molecule has 0 aliphatic rings. The third-order valence-electron chi connectivity index (χ3n) is 6.30. The second-order valence-electron chi connectivity index (χ2n) is 9.91. The van der Waals surface area contributed by atoms with Crippen LogP contribution in [0.3, 0.4) is 0 Å². The number of hydrogen-bond donors (Lipinski definition) is 0. The molecule has 4 heterocycles. The van der Waals surface area contributed by atoms with E-state index in [9.17, 15) is 17.6 Å². The molecule has 6 rings (SSSR count). The van der Waals surface area contributed by atoms with Crippen molar-refractivity contribution in [1.82, 2.24) is 19.1 Å². The normalized spacial score (nSPS) is 10.4. The molecule has 0 amide bonds. The van der Waals surface area contributed by atoms with E-state index in [0.717, 1.165) is 29.3 Å². The number of benzene rings is 2. The van der Waals surface area contributed by atoms with E-state index in [0.29, 0.717) is 23.0 Å². The molecule has 0 aliphatic carbocycles. The van der Waals surface area contributed by atoms with E-state index in [-0.39, 0.29) is 26.0 Å². The number of nitrogens with zero attached hydrogens (tertiary/aromatic N) is 6. The van der Waals surface area contributed by atoms with Crippen LogP contribution in [0, 0.1) is 58.0 Å². The van der Waals surface area contributed by atoms with Crippen LogP contribution in [0.4, 0.5) is 17.6 Å². The van der Waals surface area contributed by atoms with Crippen LogP contribution in [-0.2, 0) is 14.1 Å². The van der Waals surface area contributed by atoms with Crippen LogP contribution in [-0.4, -0.2) is 19.1 Å². The fourth-order valence-electron chi connectivity index (χ4n) is 4.34. The first kappa shape index (κ1) is 33.4. The topological polar surface area (TPSA) is 43.4 Å². The molecule has 10 heteroatoms. The maximum absolute atomic E-state index is 13.9. The summed E-state index contributed by atoms with van der Waals surface area (Å²) in [6.45, 7) is 3.82. The standard InChI is InChI=1S/C16H14F2N3.C16H13F2N3.2CH3/c2*1-11-7-15(13-4-3-12(17)9-14(13)18)19-16(8-11)21-6-5-20(2)10-21;;/h3-10H,1-2H3;3,5-10H,1-2H3;2*1H3/q+1;;2*-1. The summed E-state index contributed by atoms with van der Waals surface area (Å²) < 4.78 is 61.3. The Morgan fingerprint density at radius 3 is 1.68 bits per heavy atom. The lowest BCUT2D eigenvalue weighted by Gasteiger charge is -2.12. The lowest BCUT2D eigenvalue weighted by atomic mass is 10.1. The van der Waals surface area contributed by atoms with Crippen LogP contribution in [0.15, 0.2) is 92.0 Å². The zero-order valence-corrected chi connectivity index (χ0v) is 25.4. The molecular formula is C34H33F4N6-. The molecule has 2 aromatic carbocycles. The van der Waals surface area contributed by atoms with Gasteiger partial charge in [0.2, 0.25) is 24.3 Å². The molecule has 0 aliphatic heterocycles. The molecule has 6 aromatic rings. The van der Waals surface area contributed by atoms with Gasteiger partial charge in [-0.05, 0) is 43.3 Å². The molecule has 0 atom stereocenters. The molecule has 0 saturated carbocycles. The highest BCUT2D eigenvalue weighted by molar-refractivity contribution is 5.62. The van der Waals surface area contributed by atoms with E-state index in [1.54, 1.807) is 12.1 Å². The number of rotatable bonds is 4. The maximum atomic E-state index is 13.9. The largest absolute Gasteiger partial charge is 0.358 e. The first-order valence-corrected chi connectivity index (χ1v) is 12.9. The lowest BCUT2D eigenvalue weighted by Crippen LogP contribution is -2.23. The highest BCUT2D eigenvalue weighted by Gasteiger charge is 2.13. The first-order chi connectivity index (χ1) is 20.0. The Bertz CT molecular complexity index is 1760. The number of aromatic nitrogens is 6. The van der Waals surface area contributed by atoms with Gasteiger partial charge in [0.05, 0.1) is 19.8 Å². The minimum atomic E-state index is -0.669. The van der Waals surface area contributed by atoms with Gasteiger partial charge >= 0.3 is 0 Å². The van der Waals surface area contributed by atoms with Gasteiger partial charge in [-0.25, -0.2) is 22.9 Å². The molecule has 0 saturated heterocycles. The Morgan fingerprint density at radius 1 is 0.659 bits per heavy atom. The van der Waals surface area contributed by atoms with Gasteiger partial charge in [0, 0.05) is 35.4 Å². The van der Waals surface area contributed by atoms with Crippen LogP contribution >= 0.6 is 0 Å². The Morgan fingerprint density at radius 2 is 1.18 bits per heavy atom. The molecule has 0 bridgehead atoms. The average molecular weight is 602 g/mol. The molecular weight excluding hydrogens is 568 g/mol. The molecule has 0 fully saturated rings. The van der Waals surface area contributed by atoms with Crippen molar-refractivity contribution in [3.05, 3.63) is 147 Å². The summed E-state index contributed by atoms with van der Waals surface area (Å²) in [7, 11) is 3.81. The molecule has 0 spiro atoms. The van der Waals surface area contributed by atoms with Gasteiger partial charge in [-0.2, -0.15) is 9.13 Å². The summed E-state index contributed by atoms with van der Waals surface area (Å²) in [5, 5.41) is 0. The summed E-state index contributed by atoms with van der Waals surface area (Å²) in [5.74, 6) is -1.17. The second-order valence-corrected chi connectivity index (χ2v) is 9.91. The van der Waals surface area contributed by atoms with Crippen LogP contribution < -0.4 is 9.13 Å². The molecule has 0 unspecified atom stereocenters. The van der Waals surface area contributed by atoms with E-state index in [1.807, 2.05) is 95.8 Å². The van der Waals surface area contributed by atoms with Gasteiger partial charge < -0.3 is 14.9 Å². The smallest absolute Gasteiger partial charge is 0.250 e. The molecule has 44 heavy (non-hydrogen) atoms. The summed E-state index contributed by atoms with van der Waals surface area (Å²) in [6.07, 6.45) is 11.2. The van der Waals surface area contributed by atoms with Crippen molar-refractivity contribution in [3.8, 4) is 34.2 Å². The van der Waals surface area contributed by atoms with Crippen molar-refractivity contribution in [2.75, 3.05) is 0 Å². The summed E-state index contributed by atoms with van der Waals surface area (Å²) >= 11 is 0. The molecule has 6 nitrogen and oxygen atoms in total. The van der Waals surface area contributed by atoms with Crippen LogP contribution in [0.2, 0.25) is 0 Å². The lowest BCUT2D eigenvalue weighted by molar-refractivity contribution is -0.670. The van der Waals surface area contributed by atoms with E-state index in [1.165, 1.54) is 12.1 Å². The van der Waals surface area contributed by atoms with Gasteiger partial charge in [0.15, 0.2) is 0 Å². The summed E-state index contributed by atoms with van der Waals surface area (Å²) in [6, 6.07) is 15.4. The Kier molecular flexibility index (Phi) is 10.5. The maximum Gasteiger partial charge on any atom is 0.250 e. The van der Waals surface area contributed by atoms with Gasteiger partial charge in [-0.1, -0.05) is 23.3 Å². The minimum absolute atomic E-state index is 0. The zero-order valence-electron chi connectivity index (χ0n) is 25.4. The zero-order chi connectivity index (χ0) is 30.0. The molecule has 4 aromatic heterocycles. The predicted molar refractivity (Wildman–Crippen MR) is 161 cm³/mol. The highest BCUT2D eigenvalue weighted by atomic mass is 19.1. The fourth-order valence-corrected chi connectivity index (χ4v) is 4.34. The van der Waals surface area contributed by atoms with Crippen molar-refractivity contribution in [2.24, 2.45) is 14.1 Å². The first-order valence-electron chi connectivity index (χ1n) is 12.9. The van der Waals surface area contributed by atoms with Crippen molar-refractivity contribution in [3.63, 3.8) is 0 Å². The van der Waals surface area contributed by atoms with Crippen molar-refractivity contribution in [1.29, 1.82) is 0 Å². The van der Waals surface area contributed by atoms with Gasteiger partial charge in [0.1, 0.15) is 36.4 Å². The number of pyridine rings is 2. The number of hydrogen-bond acceptors (Lipinski definition) is 2. The van der Waals surface area contributed by atoms with E-state index in [4.69, 9.17) is 0 Å². The minimum Gasteiger partial charge on any atom is -0.358 e. The van der Waals surface area contributed by atoms with Crippen LogP contribution in [0.1, 0.15) is 11.1 Å². The van der Waals surface area contributed by atoms with Gasteiger partial charge in [-0.3, -0.25) is 13.8 Å².